The first kappa shape index (κ1) is 18.1. The van der Waals surface area contributed by atoms with Crippen molar-refractivity contribution in [2.45, 2.75) is 39.7 Å². The summed E-state index contributed by atoms with van der Waals surface area (Å²) in [7, 11) is 1.66. The summed E-state index contributed by atoms with van der Waals surface area (Å²) in [5.74, 6) is -0.580. The second-order valence-electron chi connectivity index (χ2n) is 4.43. The number of nitrogens with zero attached hydrogens (tertiary/aromatic N) is 1. The number of nitrogens with one attached hydrogen (secondary N) is 1. The number of esters is 1. The molecular weight excluding hydrogens is 260 g/mol. The van der Waals surface area contributed by atoms with E-state index in [0.29, 0.717) is 18.6 Å². The van der Waals surface area contributed by atoms with Gasteiger partial charge >= 0.3 is 5.97 Å². The van der Waals surface area contributed by atoms with E-state index in [-0.39, 0.29) is 24.5 Å². The van der Waals surface area contributed by atoms with Crippen molar-refractivity contribution in [1.82, 2.24) is 10.2 Å². The number of rotatable bonds is 9. The fourth-order valence-electron chi connectivity index (χ4n) is 1.72. The van der Waals surface area contributed by atoms with Crippen LogP contribution in [0.2, 0.25) is 0 Å². The van der Waals surface area contributed by atoms with Crippen molar-refractivity contribution < 1.29 is 19.1 Å². The largest absolute Gasteiger partial charge is 0.463 e. The van der Waals surface area contributed by atoms with Crippen molar-refractivity contribution in [3.8, 4) is 0 Å². The van der Waals surface area contributed by atoms with Gasteiger partial charge in [-0.25, -0.2) is 4.79 Å². The monoisotopic (exact) mass is 284 g/mol. The van der Waals surface area contributed by atoms with Crippen LogP contribution in [0.25, 0.3) is 0 Å². The molecule has 6 nitrogen and oxygen atoms in total. The summed E-state index contributed by atoms with van der Waals surface area (Å²) >= 11 is 0. The summed E-state index contributed by atoms with van der Waals surface area (Å²) in [6.45, 7) is 5.69. The molecule has 114 valence electrons. The van der Waals surface area contributed by atoms with Gasteiger partial charge in [0.15, 0.2) is 0 Å². The predicted molar refractivity (Wildman–Crippen MR) is 75.9 cm³/mol. The smallest absolute Gasteiger partial charge is 0.333 e. The van der Waals surface area contributed by atoms with Crippen molar-refractivity contribution in [2.75, 3.05) is 20.2 Å². The van der Waals surface area contributed by atoms with E-state index in [4.69, 9.17) is 4.74 Å². The summed E-state index contributed by atoms with van der Waals surface area (Å²) in [5, 5.41) is 2.34. The minimum absolute atomic E-state index is 0.0491. The van der Waals surface area contributed by atoms with Crippen LogP contribution in [-0.4, -0.2) is 49.4 Å². The topological polar surface area (TPSA) is 75.7 Å². The second kappa shape index (κ2) is 10.00. The van der Waals surface area contributed by atoms with Crippen molar-refractivity contribution in [2.24, 2.45) is 0 Å². The van der Waals surface area contributed by atoms with E-state index in [9.17, 15) is 14.4 Å². The number of hydrogen-bond donors (Lipinski definition) is 1. The molecule has 0 aromatic rings. The van der Waals surface area contributed by atoms with Gasteiger partial charge in [-0.05, 0) is 20.3 Å². The molecule has 0 saturated carbocycles. The highest BCUT2D eigenvalue weighted by atomic mass is 16.5. The molecule has 0 aliphatic rings. The zero-order valence-electron chi connectivity index (χ0n) is 12.6. The zero-order valence-corrected chi connectivity index (χ0v) is 12.6. The van der Waals surface area contributed by atoms with E-state index in [2.05, 4.69) is 5.32 Å². The van der Waals surface area contributed by atoms with Gasteiger partial charge in [0.2, 0.25) is 12.3 Å². The van der Waals surface area contributed by atoms with Gasteiger partial charge < -0.3 is 15.0 Å². The standard InChI is InChI=1S/C14H24N2O4/c1-5-7-12(8-11(3)14(19)20-6-2)16(4)13(18)9-15-10-17/h8,10,12H,5-7,9H2,1-4H3,(H,15,17)/t12-/m0/s1. The van der Waals surface area contributed by atoms with Gasteiger partial charge in [0.05, 0.1) is 19.2 Å². The predicted octanol–water partition coefficient (Wildman–Crippen LogP) is 0.869. The number of ether oxygens (including phenoxy) is 1. The molecule has 0 fully saturated rings. The Morgan fingerprint density at radius 3 is 2.50 bits per heavy atom. The van der Waals surface area contributed by atoms with Crippen molar-refractivity contribution in [3.63, 3.8) is 0 Å². The molecule has 2 amide bonds. The SMILES string of the molecule is CCC[C@@H](C=C(C)C(=O)OCC)N(C)C(=O)CNC=O. The molecule has 1 N–H and O–H groups in total. The molecule has 6 heteroatoms. The number of carbonyl (C=O) groups excluding carboxylic acids is 3. The molecule has 0 bridgehead atoms. The van der Waals surface area contributed by atoms with Crippen molar-refractivity contribution in [1.29, 1.82) is 0 Å². The maximum Gasteiger partial charge on any atom is 0.333 e. The van der Waals surface area contributed by atoms with Crippen LogP contribution in [0.5, 0.6) is 0 Å². The third kappa shape index (κ3) is 6.36. The maximum atomic E-state index is 11.9. The van der Waals surface area contributed by atoms with E-state index in [1.165, 1.54) is 4.90 Å². The lowest BCUT2D eigenvalue weighted by atomic mass is 10.1. The molecule has 0 rings (SSSR count). The fourth-order valence-corrected chi connectivity index (χ4v) is 1.72. The molecule has 20 heavy (non-hydrogen) atoms. The van der Waals surface area contributed by atoms with Gasteiger partial charge in [0.1, 0.15) is 0 Å². The molecule has 0 radical (unpaired) electrons. The number of amides is 2. The third-order valence-corrected chi connectivity index (χ3v) is 2.85. The maximum absolute atomic E-state index is 11.9. The quantitative estimate of drug-likeness (QED) is 0.387. The first-order chi connectivity index (χ1) is 9.47. The van der Waals surface area contributed by atoms with E-state index in [0.717, 1.165) is 12.8 Å². The number of hydrogen-bond acceptors (Lipinski definition) is 4. The minimum Gasteiger partial charge on any atom is -0.463 e. The van der Waals surface area contributed by atoms with Crippen LogP contribution in [0.4, 0.5) is 0 Å². The summed E-state index contributed by atoms with van der Waals surface area (Å²) in [5.41, 5.74) is 0.480. The molecule has 0 spiro atoms. The second-order valence-corrected chi connectivity index (χ2v) is 4.43. The fraction of sp³-hybridized carbons (Fsp3) is 0.643. The first-order valence-corrected chi connectivity index (χ1v) is 6.76. The van der Waals surface area contributed by atoms with Crippen LogP contribution in [0.15, 0.2) is 11.6 Å². The summed E-state index contributed by atoms with van der Waals surface area (Å²) < 4.78 is 4.92. The Labute approximate surface area is 120 Å². The Hall–Kier alpha value is -1.85. The Morgan fingerprint density at radius 1 is 1.35 bits per heavy atom. The van der Waals surface area contributed by atoms with Gasteiger partial charge in [-0.1, -0.05) is 19.4 Å². The van der Waals surface area contributed by atoms with Gasteiger partial charge in [-0.2, -0.15) is 0 Å². The highest BCUT2D eigenvalue weighted by molar-refractivity contribution is 5.88. The Morgan fingerprint density at radius 2 is 2.00 bits per heavy atom. The highest BCUT2D eigenvalue weighted by Gasteiger charge is 2.18. The van der Waals surface area contributed by atoms with Crippen LogP contribution >= 0.6 is 0 Å². The zero-order chi connectivity index (χ0) is 15.5. The van der Waals surface area contributed by atoms with Crippen LogP contribution in [0.3, 0.4) is 0 Å². The molecule has 0 aliphatic heterocycles. The lowest BCUT2D eigenvalue weighted by Gasteiger charge is -2.26. The van der Waals surface area contributed by atoms with Crippen LogP contribution in [-0.2, 0) is 19.1 Å². The summed E-state index contributed by atoms with van der Waals surface area (Å²) in [6.07, 6.45) is 3.83. The molecule has 0 unspecified atom stereocenters. The van der Waals surface area contributed by atoms with Crippen molar-refractivity contribution in [3.05, 3.63) is 11.6 Å². The highest BCUT2D eigenvalue weighted by Crippen LogP contribution is 2.11. The van der Waals surface area contributed by atoms with Gasteiger partial charge in [0.25, 0.3) is 0 Å². The van der Waals surface area contributed by atoms with E-state index < -0.39 is 0 Å². The van der Waals surface area contributed by atoms with E-state index in [1.807, 2.05) is 6.92 Å². The van der Waals surface area contributed by atoms with Crippen LogP contribution in [0.1, 0.15) is 33.6 Å². The van der Waals surface area contributed by atoms with E-state index >= 15 is 0 Å². The first-order valence-electron chi connectivity index (χ1n) is 6.76. The molecule has 0 aliphatic carbocycles. The summed E-state index contributed by atoms with van der Waals surface area (Å²) in [6, 6.07) is -0.189. The average molecular weight is 284 g/mol. The molecule has 1 atom stereocenters. The van der Waals surface area contributed by atoms with E-state index in [1.54, 1.807) is 27.0 Å². The average Bonchev–Trinajstić information content (AvgIpc) is 2.43. The number of carbonyl (C=O) groups is 3. The molecule has 0 heterocycles. The Kier molecular flexibility index (Phi) is 9.07. The van der Waals surface area contributed by atoms with Gasteiger partial charge in [-0.15, -0.1) is 0 Å². The number of likely N-dealkylation sites (N-methyl/N-ethyl adjacent to an activating group) is 1. The molecular formula is C14H24N2O4. The normalized spacial score (nSPS) is 12.5. The van der Waals surface area contributed by atoms with Crippen molar-refractivity contribution >= 4 is 18.3 Å². The van der Waals surface area contributed by atoms with Gasteiger partial charge in [0, 0.05) is 12.6 Å². The van der Waals surface area contributed by atoms with Crippen LogP contribution in [0, 0.1) is 0 Å². The summed E-state index contributed by atoms with van der Waals surface area (Å²) in [4.78, 5) is 35.2. The third-order valence-electron chi connectivity index (χ3n) is 2.85. The van der Waals surface area contributed by atoms with Gasteiger partial charge in [-0.3, -0.25) is 9.59 Å². The Bertz CT molecular complexity index is 366. The lowest BCUT2D eigenvalue weighted by Crippen LogP contribution is -2.41. The van der Waals surface area contributed by atoms with Crippen LogP contribution < -0.4 is 5.32 Å². The molecule has 0 saturated heterocycles. The molecule has 0 aromatic heterocycles. The Balaban J connectivity index is 4.85. The molecule has 0 aromatic carbocycles. The lowest BCUT2D eigenvalue weighted by molar-refractivity contribution is -0.138. The minimum atomic E-state index is -0.375.